The van der Waals surface area contributed by atoms with E-state index in [1.165, 1.54) is 0 Å². The summed E-state index contributed by atoms with van der Waals surface area (Å²) in [6.07, 6.45) is 1.78. The standard InChI is InChI=1S/C18H12N2/c19-13-16-8-4-5-9-17(16)15-10-11-20-18(12-15)14-6-2-1-3-7-14/h1-12H. The molecule has 20 heavy (non-hydrogen) atoms. The molecular formula is C18H12N2. The van der Waals surface area contributed by atoms with Gasteiger partial charge in [0.1, 0.15) is 0 Å². The fraction of sp³-hybridized carbons (Fsp3) is 0. The molecule has 2 heteroatoms. The number of nitriles is 1. The molecule has 0 N–H and O–H groups in total. The highest BCUT2D eigenvalue weighted by Gasteiger charge is 2.06. The lowest BCUT2D eigenvalue weighted by atomic mass is 9.99. The molecule has 0 amide bonds. The normalized spacial score (nSPS) is 9.95. The van der Waals surface area contributed by atoms with Crippen molar-refractivity contribution in [3.63, 3.8) is 0 Å². The van der Waals surface area contributed by atoms with Gasteiger partial charge >= 0.3 is 0 Å². The molecular weight excluding hydrogens is 244 g/mol. The molecule has 0 aliphatic carbocycles. The predicted molar refractivity (Wildman–Crippen MR) is 79.8 cm³/mol. The first kappa shape index (κ1) is 12.1. The Kier molecular flexibility index (Phi) is 3.26. The van der Waals surface area contributed by atoms with Crippen LogP contribution < -0.4 is 0 Å². The number of hydrogen-bond acceptors (Lipinski definition) is 2. The van der Waals surface area contributed by atoms with Gasteiger partial charge in [-0.15, -0.1) is 0 Å². The molecule has 0 aliphatic rings. The molecule has 0 saturated heterocycles. The van der Waals surface area contributed by atoms with Gasteiger partial charge in [-0.05, 0) is 29.3 Å². The number of rotatable bonds is 2. The topological polar surface area (TPSA) is 36.7 Å². The van der Waals surface area contributed by atoms with Crippen molar-refractivity contribution in [3.05, 3.63) is 78.5 Å². The van der Waals surface area contributed by atoms with Crippen molar-refractivity contribution in [2.75, 3.05) is 0 Å². The van der Waals surface area contributed by atoms with Crippen LogP contribution in [0.25, 0.3) is 22.4 Å². The number of aromatic nitrogens is 1. The van der Waals surface area contributed by atoms with Gasteiger partial charge in [-0.2, -0.15) is 5.26 Å². The summed E-state index contributed by atoms with van der Waals surface area (Å²) in [6.45, 7) is 0. The number of hydrogen-bond donors (Lipinski definition) is 0. The van der Waals surface area contributed by atoms with Crippen LogP contribution in [0.15, 0.2) is 72.9 Å². The second-order valence-corrected chi connectivity index (χ2v) is 4.45. The van der Waals surface area contributed by atoms with Crippen molar-refractivity contribution in [1.82, 2.24) is 4.98 Å². The van der Waals surface area contributed by atoms with Gasteiger partial charge in [0.2, 0.25) is 0 Å². The minimum atomic E-state index is 0.678. The molecule has 0 fully saturated rings. The minimum absolute atomic E-state index is 0.678. The van der Waals surface area contributed by atoms with Gasteiger partial charge in [-0.1, -0.05) is 48.5 Å². The molecule has 0 bridgehead atoms. The Morgan fingerprint density at radius 3 is 2.35 bits per heavy atom. The van der Waals surface area contributed by atoms with E-state index in [9.17, 15) is 5.26 Å². The highest BCUT2D eigenvalue weighted by molar-refractivity contribution is 5.74. The minimum Gasteiger partial charge on any atom is -0.256 e. The van der Waals surface area contributed by atoms with E-state index in [4.69, 9.17) is 0 Å². The van der Waals surface area contributed by atoms with Gasteiger partial charge in [-0.25, -0.2) is 0 Å². The summed E-state index contributed by atoms with van der Waals surface area (Å²) < 4.78 is 0. The van der Waals surface area contributed by atoms with Crippen molar-refractivity contribution in [2.45, 2.75) is 0 Å². The van der Waals surface area contributed by atoms with Crippen LogP contribution in [0.2, 0.25) is 0 Å². The Morgan fingerprint density at radius 1 is 0.800 bits per heavy atom. The molecule has 1 heterocycles. The van der Waals surface area contributed by atoms with Gasteiger partial charge < -0.3 is 0 Å². The van der Waals surface area contributed by atoms with E-state index in [2.05, 4.69) is 11.1 Å². The average Bonchev–Trinajstić information content (AvgIpc) is 2.56. The van der Waals surface area contributed by atoms with Crippen LogP contribution in [0.4, 0.5) is 0 Å². The smallest absolute Gasteiger partial charge is 0.0998 e. The number of benzene rings is 2. The molecule has 0 atom stereocenters. The van der Waals surface area contributed by atoms with E-state index in [0.717, 1.165) is 22.4 Å². The second kappa shape index (κ2) is 5.38. The maximum atomic E-state index is 9.20. The second-order valence-electron chi connectivity index (χ2n) is 4.45. The van der Waals surface area contributed by atoms with Crippen molar-refractivity contribution in [1.29, 1.82) is 5.26 Å². The highest BCUT2D eigenvalue weighted by atomic mass is 14.7. The summed E-state index contributed by atoms with van der Waals surface area (Å²) in [4.78, 5) is 4.41. The SMILES string of the molecule is N#Cc1ccccc1-c1ccnc(-c2ccccc2)c1. The van der Waals surface area contributed by atoms with E-state index in [1.807, 2.05) is 66.7 Å². The third kappa shape index (κ3) is 2.30. The van der Waals surface area contributed by atoms with Crippen LogP contribution >= 0.6 is 0 Å². The fourth-order valence-electron chi connectivity index (χ4n) is 2.20. The largest absolute Gasteiger partial charge is 0.256 e. The van der Waals surface area contributed by atoms with E-state index in [0.29, 0.717) is 5.56 Å². The molecule has 2 nitrogen and oxygen atoms in total. The molecule has 94 valence electrons. The molecule has 0 spiro atoms. The van der Waals surface area contributed by atoms with Crippen molar-refractivity contribution < 1.29 is 0 Å². The van der Waals surface area contributed by atoms with Crippen LogP contribution in [-0.2, 0) is 0 Å². The first-order valence-corrected chi connectivity index (χ1v) is 6.39. The van der Waals surface area contributed by atoms with Gasteiger partial charge in [0.05, 0.1) is 17.3 Å². The molecule has 2 aromatic carbocycles. The van der Waals surface area contributed by atoms with Crippen LogP contribution in [0, 0.1) is 11.3 Å². The fourth-order valence-corrected chi connectivity index (χ4v) is 2.20. The van der Waals surface area contributed by atoms with Crippen molar-refractivity contribution in [2.24, 2.45) is 0 Å². The van der Waals surface area contributed by atoms with Gasteiger partial charge in [0, 0.05) is 11.8 Å². The summed E-state index contributed by atoms with van der Waals surface area (Å²) in [5.41, 5.74) is 4.61. The summed E-state index contributed by atoms with van der Waals surface area (Å²) in [6, 6.07) is 23.8. The molecule has 3 aromatic rings. The van der Waals surface area contributed by atoms with E-state index in [1.54, 1.807) is 6.20 Å². The lowest BCUT2D eigenvalue weighted by Crippen LogP contribution is -1.87. The summed E-state index contributed by atoms with van der Waals surface area (Å²) in [7, 11) is 0. The summed E-state index contributed by atoms with van der Waals surface area (Å²) >= 11 is 0. The molecule has 0 unspecified atom stereocenters. The van der Waals surface area contributed by atoms with Crippen LogP contribution in [0.5, 0.6) is 0 Å². The van der Waals surface area contributed by atoms with Crippen LogP contribution in [0.3, 0.4) is 0 Å². The monoisotopic (exact) mass is 256 g/mol. The lowest BCUT2D eigenvalue weighted by molar-refractivity contribution is 1.32. The molecule has 0 saturated carbocycles. The maximum absolute atomic E-state index is 9.20. The first-order chi connectivity index (χ1) is 9.88. The molecule has 3 rings (SSSR count). The zero-order valence-corrected chi connectivity index (χ0v) is 10.8. The summed E-state index contributed by atoms with van der Waals surface area (Å²) in [5, 5.41) is 9.20. The predicted octanol–water partition coefficient (Wildman–Crippen LogP) is 4.29. The Labute approximate surface area is 118 Å². The third-order valence-electron chi connectivity index (χ3n) is 3.19. The van der Waals surface area contributed by atoms with E-state index in [-0.39, 0.29) is 0 Å². The number of pyridine rings is 1. The Balaban J connectivity index is 2.11. The van der Waals surface area contributed by atoms with Gasteiger partial charge in [0.25, 0.3) is 0 Å². The van der Waals surface area contributed by atoms with Crippen molar-refractivity contribution >= 4 is 0 Å². The molecule has 1 aromatic heterocycles. The van der Waals surface area contributed by atoms with E-state index >= 15 is 0 Å². The Bertz CT molecular complexity index is 771. The van der Waals surface area contributed by atoms with Gasteiger partial charge in [0.15, 0.2) is 0 Å². The Hall–Kier alpha value is -2.92. The molecule has 0 aliphatic heterocycles. The zero-order chi connectivity index (χ0) is 13.8. The average molecular weight is 256 g/mol. The number of nitrogens with zero attached hydrogens (tertiary/aromatic N) is 2. The maximum Gasteiger partial charge on any atom is 0.0998 e. The van der Waals surface area contributed by atoms with E-state index < -0.39 is 0 Å². The molecule has 0 radical (unpaired) electrons. The highest BCUT2D eigenvalue weighted by Crippen LogP contribution is 2.26. The third-order valence-corrected chi connectivity index (χ3v) is 3.19. The van der Waals surface area contributed by atoms with Gasteiger partial charge in [-0.3, -0.25) is 4.98 Å². The van der Waals surface area contributed by atoms with Crippen LogP contribution in [-0.4, -0.2) is 4.98 Å². The zero-order valence-electron chi connectivity index (χ0n) is 10.8. The quantitative estimate of drug-likeness (QED) is 0.686. The Morgan fingerprint density at radius 2 is 1.55 bits per heavy atom. The summed E-state index contributed by atoms with van der Waals surface area (Å²) in [5.74, 6) is 0. The lowest BCUT2D eigenvalue weighted by Gasteiger charge is -2.06. The van der Waals surface area contributed by atoms with Crippen molar-refractivity contribution in [3.8, 4) is 28.5 Å². The van der Waals surface area contributed by atoms with Crippen LogP contribution in [0.1, 0.15) is 5.56 Å². The first-order valence-electron chi connectivity index (χ1n) is 6.39.